The predicted molar refractivity (Wildman–Crippen MR) is 120 cm³/mol. The summed E-state index contributed by atoms with van der Waals surface area (Å²) in [5.41, 5.74) is 3.27. The van der Waals surface area contributed by atoms with Gasteiger partial charge in [0.1, 0.15) is 18.2 Å². The predicted octanol–water partition coefficient (Wildman–Crippen LogP) is 4.60. The topological polar surface area (TPSA) is 56.2 Å². The number of aromatic nitrogens is 2. The molecule has 2 heterocycles. The fourth-order valence-corrected chi connectivity index (χ4v) is 3.22. The van der Waals surface area contributed by atoms with E-state index in [1.54, 1.807) is 29.0 Å². The summed E-state index contributed by atoms with van der Waals surface area (Å²) >= 11 is 0. The zero-order valence-electron chi connectivity index (χ0n) is 17.5. The molecule has 0 saturated heterocycles. The molecular formula is C25H24FN3O2. The van der Waals surface area contributed by atoms with Crippen molar-refractivity contribution in [1.82, 2.24) is 14.9 Å². The van der Waals surface area contributed by atoms with Gasteiger partial charge in [-0.15, -0.1) is 0 Å². The molecule has 0 unspecified atom stereocenters. The van der Waals surface area contributed by atoms with Gasteiger partial charge in [0, 0.05) is 35.9 Å². The molecule has 1 N–H and O–H groups in total. The minimum Gasteiger partial charge on any atom is -0.489 e. The third kappa shape index (κ3) is 5.16. The first kappa shape index (κ1) is 20.8. The molecule has 2 aromatic carbocycles. The van der Waals surface area contributed by atoms with Gasteiger partial charge in [0.25, 0.3) is 5.56 Å². The standard InChI is InChI=1S/C25H24FN3O2/c1-17(2)27-15-21-8-5-19-13-22(9-10-24(19)28-21)29-12-11-23(14-25(29)30)31-16-18-3-6-20(26)7-4-18/h3-14,17,27H,15-16H2,1-2H3. The average molecular weight is 417 g/mol. The Balaban J connectivity index is 1.51. The smallest absolute Gasteiger partial charge is 0.258 e. The lowest BCUT2D eigenvalue weighted by atomic mass is 10.1. The molecule has 2 aromatic heterocycles. The molecule has 0 atom stereocenters. The molecule has 0 bridgehead atoms. The van der Waals surface area contributed by atoms with Gasteiger partial charge < -0.3 is 10.1 Å². The minimum absolute atomic E-state index is 0.193. The van der Waals surface area contributed by atoms with Gasteiger partial charge in [0.05, 0.1) is 11.2 Å². The van der Waals surface area contributed by atoms with E-state index in [-0.39, 0.29) is 18.0 Å². The molecule has 0 aliphatic rings. The molecule has 158 valence electrons. The molecule has 0 radical (unpaired) electrons. The summed E-state index contributed by atoms with van der Waals surface area (Å²) in [5.74, 6) is 0.177. The van der Waals surface area contributed by atoms with Crippen LogP contribution in [-0.2, 0) is 13.2 Å². The summed E-state index contributed by atoms with van der Waals surface area (Å²) < 4.78 is 20.2. The number of hydrogen-bond donors (Lipinski definition) is 1. The lowest BCUT2D eigenvalue weighted by Gasteiger charge is -2.11. The molecule has 5 nitrogen and oxygen atoms in total. The Morgan fingerprint density at radius 1 is 1.03 bits per heavy atom. The van der Waals surface area contributed by atoms with E-state index in [1.807, 2.05) is 30.3 Å². The van der Waals surface area contributed by atoms with Gasteiger partial charge >= 0.3 is 0 Å². The van der Waals surface area contributed by atoms with Gasteiger partial charge in [-0.1, -0.05) is 32.0 Å². The van der Waals surface area contributed by atoms with Crippen molar-refractivity contribution in [3.05, 3.63) is 100 Å². The summed E-state index contributed by atoms with van der Waals surface area (Å²) in [4.78, 5) is 17.3. The minimum atomic E-state index is -0.291. The fraction of sp³-hybridized carbons (Fsp3) is 0.200. The van der Waals surface area contributed by atoms with E-state index in [0.717, 1.165) is 27.8 Å². The zero-order valence-corrected chi connectivity index (χ0v) is 17.5. The average Bonchev–Trinajstić information content (AvgIpc) is 2.77. The van der Waals surface area contributed by atoms with E-state index >= 15 is 0 Å². The van der Waals surface area contributed by atoms with Crippen LogP contribution in [-0.4, -0.2) is 15.6 Å². The van der Waals surface area contributed by atoms with Crippen LogP contribution >= 0.6 is 0 Å². The highest BCUT2D eigenvalue weighted by atomic mass is 19.1. The van der Waals surface area contributed by atoms with Crippen LogP contribution < -0.4 is 15.6 Å². The number of pyridine rings is 2. The Labute approximate surface area is 180 Å². The number of benzene rings is 2. The lowest BCUT2D eigenvalue weighted by molar-refractivity contribution is 0.305. The number of nitrogens with zero attached hydrogens (tertiary/aromatic N) is 2. The van der Waals surface area contributed by atoms with Crippen LogP contribution in [0.5, 0.6) is 5.75 Å². The Morgan fingerprint density at radius 2 is 1.84 bits per heavy atom. The van der Waals surface area contributed by atoms with Crippen molar-refractivity contribution in [2.75, 3.05) is 0 Å². The van der Waals surface area contributed by atoms with E-state index in [2.05, 4.69) is 24.1 Å². The van der Waals surface area contributed by atoms with Crippen LogP contribution in [0.4, 0.5) is 4.39 Å². The second-order valence-corrected chi connectivity index (χ2v) is 7.70. The number of hydrogen-bond acceptors (Lipinski definition) is 4. The van der Waals surface area contributed by atoms with Gasteiger partial charge in [-0.25, -0.2) is 4.39 Å². The van der Waals surface area contributed by atoms with Gasteiger partial charge in [-0.05, 0) is 48.0 Å². The summed E-state index contributed by atoms with van der Waals surface area (Å²) in [6.07, 6.45) is 1.69. The van der Waals surface area contributed by atoms with E-state index in [4.69, 9.17) is 4.74 Å². The Morgan fingerprint density at radius 3 is 2.58 bits per heavy atom. The maximum atomic E-state index is 13.0. The normalized spacial score (nSPS) is 11.2. The Kier molecular flexibility index (Phi) is 6.09. The van der Waals surface area contributed by atoms with Crippen molar-refractivity contribution < 1.29 is 9.13 Å². The highest BCUT2D eigenvalue weighted by Crippen LogP contribution is 2.18. The first-order chi connectivity index (χ1) is 15.0. The van der Waals surface area contributed by atoms with E-state index in [0.29, 0.717) is 18.3 Å². The third-order valence-corrected chi connectivity index (χ3v) is 4.91. The molecule has 6 heteroatoms. The van der Waals surface area contributed by atoms with E-state index in [1.165, 1.54) is 18.2 Å². The number of nitrogens with one attached hydrogen (secondary N) is 1. The molecule has 0 aliphatic carbocycles. The molecule has 0 spiro atoms. The Bertz CT molecular complexity index is 1250. The van der Waals surface area contributed by atoms with Gasteiger partial charge in [0.15, 0.2) is 0 Å². The van der Waals surface area contributed by atoms with Crippen LogP contribution in [0.3, 0.4) is 0 Å². The van der Waals surface area contributed by atoms with Crippen molar-refractivity contribution in [2.45, 2.75) is 33.0 Å². The molecule has 0 aliphatic heterocycles. The SMILES string of the molecule is CC(C)NCc1ccc2cc(-n3ccc(OCc4ccc(F)cc4)cc3=O)ccc2n1. The molecule has 31 heavy (non-hydrogen) atoms. The quantitative estimate of drug-likeness (QED) is 0.477. The molecule has 4 aromatic rings. The highest BCUT2D eigenvalue weighted by molar-refractivity contribution is 5.81. The summed E-state index contributed by atoms with van der Waals surface area (Å²) in [6, 6.07) is 19.4. The zero-order chi connectivity index (χ0) is 21.8. The first-order valence-electron chi connectivity index (χ1n) is 10.2. The van der Waals surface area contributed by atoms with Crippen LogP contribution in [0.1, 0.15) is 25.1 Å². The van der Waals surface area contributed by atoms with Gasteiger partial charge in [-0.3, -0.25) is 14.3 Å². The van der Waals surface area contributed by atoms with E-state index in [9.17, 15) is 9.18 Å². The van der Waals surface area contributed by atoms with Crippen LogP contribution in [0.2, 0.25) is 0 Å². The number of ether oxygens (including phenoxy) is 1. The van der Waals surface area contributed by atoms with Gasteiger partial charge in [0.2, 0.25) is 0 Å². The maximum Gasteiger partial charge on any atom is 0.258 e. The third-order valence-electron chi connectivity index (χ3n) is 4.91. The molecule has 0 saturated carbocycles. The van der Waals surface area contributed by atoms with Crippen molar-refractivity contribution in [3.8, 4) is 11.4 Å². The monoisotopic (exact) mass is 417 g/mol. The largest absolute Gasteiger partial charge is 0.489 e. The van der Waals surface area contributed by atoms with Crippen LogP contribution in [0, 0.1) is 5.82 Å². The van der Waals surface area contributed by atoms with Crippen LogP contribution in [0.15, 0.2) is 77.7 Å². The lowest BCUT2D eigenvalue weighted by Crippen LogP contribution is -2.22. The summed E-state index contributed by atoms with van der Waals surface area (Å²) in [5, 5.41) is 4.33. The van der Waals surface area contributed by atoms with Crippen molar-refractivity contribution in [2.24, 2.45) is 0 Å². The number of halogens is 1. The second-order valence-electron chi connectivity index (χ2n) is 7.70. The Hall–Kier alpha value is -3.51. The fourth-order valence-electron chi connectivity index (χ4n) is 3.22. The number of rotatable bonds is 7. The van der Waals surface area contributed by atoms with Gasteiger partial charge in [-0.2, -0.15) is 0 Å². The summed E-state index contributed by atoms with van der Waals surface area (Å²) in [6.45, 7) is 5.18. The number of fused-ring (bicyclic) bond motifs is 1. The van der Waals surface area contributed by atoms with Crippen molar-refractivity contribution >= 4 is 10.9 Å². The molecule has 0 amide bonds. The molecule has 4 rings (SSSR count). The molecule has 0 fully saturated rings. The van der Waals surface area contributed by atoms with E-state index < -0.39 is 0 Å². The van der Waals surface area contributed by atoms with Crippen molar-refractivity contribution in [3.63, 3.8) is 0 Å². The first-order valence-corrected chi connectivity index (χ1v) is 10.2. The molecular weight excluding hydrogens is 393 g/mol. The maximum absolute atomic E-state index is 13.0. The second kappa shape index (κ2) is 9.10. The van der Waals surface area contributed by atoms with Crippen LogP contribution in [0.25, 0.3) is 16.6 Å². The summed E-state index contributed by atoms with van der Waals surface area (Å²) in [7, 11) is 0. The van der Waals surface area contributed by atoms with Crippen molar-refractivity contribution in [1.29, 1.82) is 0 Å². The highest BCUT2D eigenvalue weighted by Gasteiger charge is 2.06.